The van der Waals surface area contributed by atoms with Crippen LogP contribution in [-0.4, -0.2) is 43.1 Å². The fraction of sp³-hybridized carbons (Fsp3) is 0.611. The summed E-state index contributed by atoms with van der Waals surface area (Å²) in [6.07, 6.45) is 6.09. The van der Waals surface area contributed by atoms with Crippen LogP contribution in [0.4, 0.5) is 11.4 Å². The van der Waals surface area contributed by atoms with Crippen molar-refractivity contribution >= 4 is 17.3 Å². The first kappa shape index (κ1) is 16.0. The number of hydrogen-bond donors (Lipinski definition) is 1. The van der Waals surface area contributed by atoms with Gasteiger partial charge in [0, 0.05) is 24.8 Å². The van der Waals surface area contributed by atoms with Crippen LogP contribution >= 0.6 is 0 Å². The van der Waals surface area contributed by atoms with E-state index >= 15 is 0 Å². The number of ether oxygens (including phenoxy) is 1. The molecule has 1 atom stereocenters. The van der Waals surface area contributed by atoms with Gasteiger partial charge in [-0.15, -0.1) is 0 Å². The Morgan fingerprint density at radius 3 is 2.83 bits per heavy atom. The van der Waals surface area contributed by atoms with Gasteiger partial charge in [-0.3, -0.25) is 4.79 Å². The largest absolute Gasteiger partial charge is 0.487 e. The molecular formula is C18H27N3O2. The number of nitrogens with two attached hydrogens (primary N) is 1. The smallest absolute Gasteiger partial charge is 0.242 e. The summed E-state index contributed by atoms with van der Waals surface area (Å²) in [6.45, 7) is 3.15. The Morgan fingerprint density at radius 2 is 2.09 bits per heavy atom. The Hall–Kier alpha value is -1.91. The highest BCUT2D eigenvalue weighted by molar-refractivity contribution is 5.83. The molecule has 3 rings (SSSR count). The van der Waals surface area contributed by atoms with Crippen LogP contribution in [-0.2, 0) is 4.79 Å². The van der Waals surface area contributed by atoms with Gasteiger partial charge in [0.2, 0.25) is 5.91 Å². The number of hydrogen-bond acceptors (Lipinski definition) is 4. The van der Waals surface area contributed by atoms with Crippen LogP contribution in [0.15, 0.2) is 18.2 Å². The molecule has 0 bridgehead atoms. The summed E-state index contributed by atoms with van der Waals surface area (Å²) in [4.78, 5) is 16.8. The van der Waals surface area contributed by atoms with Crippen molar-refractivity contribution in [3.63, 3.8) is 0 Å². The van der Waals surface area contributed by atoms with E-state index in [1.807, 2.05) is 37.1 Å². The average molecular weight is 317 g/mol. The maximum atomic E-state index is 12.7. The molecule has 1 aliphatic heterocycles. The van der Waals surface area contributed by atoms with Crippen LogP contribution in [0.5, 0.6) is 5.75 Å². The van der Waals surface area contributed by atoms with Crippen LogP contribution in [0.2, 0.25) is 0 Å². The molecule has 126 valence electrons. The number of rotatable bonds is 3. The minimum atomic E-state index is 0.0529. The zero-order valence-corrected chi connectivity index (χ0v) is 14.1. The normalized spacial score (nSPS) is 21.5. The number of amides is 1. The quantitative estimate of drug-likeness (QED) is 0.871. The van der Waals surface area contributed by atoms with Crippen molar-refractivity contribution in [1.82, 2.24) is 4.90 Å². The molecule has 2 N–H and O–H groups in total. The fourth-order valence-corrected chi connectivity index (χ4v) is 3.65. The van der Waals surface area contributed by atoms with Crippen molar-refractivity contribution in [2.45, 2.75) is 51.2 Å². The van der Waals surface area contributed by atoms with Crippen molar-refractivity contribution in [3.05, 3.63) is 18.2 Å². The lowest BCUT2D eigenvalue weighted by Crippen LogP contribution is -2.47. The lowest BCUT2D eigenvalue weighted by molar-refractivity contribution is -0.131. The average Bonchev–Trinajstić information content (AvgIpc) is 2.54. The van der Waals surface area contributed by atoms with Crippen molar-refractivity contribution in [2.24, 2.45) is 0 Å². The highest BCUT2D eigenvalue weighted by atomic mass is 16.5. The van der Waals surface area contributed by atoms with Crippen LogP contribution < -0.4 is 15.4 Å². The first-order valence-corrected chi connectivity index (χ1v) is 8.61. The van der Waals surface area contributed by atoms with Gasteiger partial charge in [0.25, 0.3) is 0 Å². The maximum absolute atomic E-state index is 12.7. The van der Waals surface area contributed by atoms with E-state index in [0.717, 1.165) is 30.8 Å². The van der Waals surface area contributed by atoms with Gasteiger partial charge >= 0.3 is 0 Å². The van der Waals surface area contributed by atoms with Gasteiger partial charge in [0.05, 0.1) is 18.8 Å². The predicted octanol–water partition coefficient (Wildman–Crippen LogP) is 2.65. The second-order valence-corrected chi connectivity index (χ2v) is 6.83. The summed E-state index contributed by atoms with van der Waals surface area (Å²) in [5, 5.41) is 0. The third kappa shape index (κ3) is 3.54. The second kappa shape index (κ2) is 6.69. The van der Waals surface area contributed by atoms with Crippen LogP contribution in [0.1, 0.15) is 39.0 Å². The summed E-state index contributed by atoms with van der Waals surface area (Å²) in [5.74, 6) is 0.964. The third-order valence-corrected chi connectivity index (χ3v) is 4.97. The molecule has 23 heavy (non-hydrogen) atoms. The van der Waals surface area contributed by atoms with Gasteiger partial charge in [-0.05, 0) is 31.9 Å². The van der Waals surface area contributed by atoms with Crippen molar-refractivity contribution in [1.29, 1.82) is 0 Å². The lowest BCUT2D eigenvalue weighted by Gasteiger charge is -2.37. The number of fused-ring (bicyclic) bond motifs is 1. The molecular weight excluding hydrogens is 290 g/mol. The molecule has 1 aliphatic carbocycles. The molecule has 2 aliphatic rings. The number of benzene rings is 1. The minimum absolute atomic E-state index is 0.0529. The van der Waals surface area contributed by atoms with E-state index in [9.17, 15) is 4.79 Å². The Bertz CT molecular complexity index is 569. The number of carbonyl (C=O) groups excluding carboxylic acids is 1. The minimum Gasteiger partial charge on any atom is -0.487 e. The SMILES string of the molecule is CC1CN(CC(=O)N(C)C2CCCCC2)c2ccc(N)cc2O1. The van der Waals surface area contributed by atoms with Crippen molar-refractivity contribution in [2.75, 3.05) is 30.8 Å². The molecule has 1 aromatic carbocycles. The molecule has 0 aromatic heterocycles. The highest BCUT2D eigenvalue weighted by Crippen LogP contribution is 2.35. The molecule has 0 spiro atoms. The summed E-state index contributed by atoms with van der Waals surface area (Å²) in [5.41, 5.74) is 7.49. The number of anilines is 2. The third-order valence-electron chi connectivity index (χ3n) is 4.97. The summed E-state index contributed by atoms with van der Waals surface area (Å²) < 4.78 is 5.85. The van der Waals surface area contributed by atoms with E-state index in [1.54, 1.807) is 0 Å². The van der Waals surface area contributed by atoms with E-state index < -0.39 is 0 Å². The van der Waals surface area contributed by atoms with E-state index in [0.29, 0.717) is 18.3 Å². The summed E-state index contributed by atoms with van der Waals surface area (Å²) >= 11 is 0. The summed E-state index contributed by atoms with van der Waals surface area (Å²) in [7, 11) is 1.95. The van der Waals surface area contributed by atoms with Crippen LogP contribution in [0, 0.1) is 0 Å². The standard InChI is InChI=1S/C18H27N3O2/c1-13-11-21(16-9-8-14(19)10-17(16)23-13)12-18(22)20(2)15-6-4-3-5-7-15/h8-10,13,15H,3-7,11-12,19H2,1-2H3. The monoisotopic (exact) mass is 317 g/mol. The number of nitrogens with zero attached hydrogens (tertiary/aromatic N) is 2. The fourth-order valence-electron chi connectivity index (χ4n) is 3.65. The van der Waals surface area contributed by atoms with E-state index in [4.69, 9.17) is 10.5 Å². The molecule has 5 heteroatoms. The van der Waals surface area contributed by atoms with E-state index in [2.05, 4.69) is 4.90 Å². The molecule has 1 amide bonds. The molecule has 1 saturated carbocycles. The Morgan fingerprint density at radius 1 is 1.35 bits per heavy atom. The van der Waals surface area contributed by atoms with Gasteiger partial charge in [0.15, 0.2) is 0 Å². The summed E-state index contributed by atoms with van der Waals surface area (Å²) in [6, 6.07) is 6.05. The van der Waals surface area contributed by atoms with Gasteiger partial charge in [-0.1, -0.05) is 19.3 Å². The molecule has 0 radical (unpaired) electrons. The Balaban J connectivity index is 1.71. The first-order chi connectivity index (χ1) is 11.0. The van der Waals surface area contributed by atoms with Gasteiger partial charge in [0.1, 0.15) is 11.9 Å². The molecule has 1 aromatic rings. The van der Waals surface area contributed by atoms with Crippen molar-refractivity contribution < 1.29 is 9.53 Å². The van der Waals surface area contributed by atoms with E-state index in [-0.39, 0.29) is 12.0 Å². The van der Waals surface area contributed by atoms with Crippen molar-refractivity contribution in [3.8, 4) is 5.75 Å². The Labute approximate surface area is 138 Å². The van der Waals surface area contributed by atoms with Gasteiger partial charge in [-0.25, -0.2) is 0 Å². The molecule has 1 fully saturated rings. The number of nitrogen functional groups attached to an aromatic ring is 1. The maximum Gasteiger partial charge on any atom is 0.242 e. The number of carbonyl (C=O) groups is 1. The molecule has 0 saturated heterocycles. The van der Waals surface area contributed by atoms with Gasteiger partial charge < -0.3 is 20.3 Å². The number of likely N-dealkylation sites (N-methyl/N-ethyl adjacent to an activating group) is 1. The van der Waals surface area contributed by atoms with Gasteiger partial charge in [-0.2, -0.15) is 0 Å². The van der Waals surface area contributed by atoms with Crippen LogP contribution in [0.25, 0.3) is 0 Å². The second-order valence-electron chi connectivity index (χ2n) is 6.83. The van der Waals surface area contributed by atoms with Crippen LogP contribution in [0.3, 0.4) is 0 Å². The molecule has 1 unspecified atom stereocenters. The first-order valence-electron chi connectivity index (χ1n) is 8.61. The zero-order valence-electron chi connectivity index (χ0n) is 14.1. The lowest BCUT2D eigenvalue weighted by atomic mass is 9.94. The van der Waals surface area contributed by atoms with E-state index in [1.165, 1.54) is 19.3 Å². The molecule has 1 heterocycles. The Kier molecular flexibility index (Phi) is 4.64. The predicted molar refractivity (Wildman–Crippen MR) is 92.8 cm³/mol. The highest BCUT2D eigenvalue weighted by Gasteiger charge is 2.28. The molecule has 5 nitrogen and oxygen atoms in total. The topological polar surface area (TPSA) is 58.8 Å². The zero-order chi connectivity index (χ0) is 16.4.